The van der Waals surface area contributed by atoms with Crippen molar-refractivity contribution in [1.82, 2.24) is 4.98 Å². The summed E-state index contributed by atoms with van der Waals surface area (Å²) < 4.78 is 41.1. The Morgan fingerprint density at radius 2 is 1.70 bits per heavy atom. The number of nitrogens with zero attached hydrogens (tertiary/aromatic N) is 4. The molecule has 1 saturated carbocycles. The highest BCUT2D eigenvalue weighted by atomic mass is 32.1. The third-order valence-corrected chi connectivity index (χ3v) is 9.56. The zero-order valence-corrected chi connectivity index (χ0v) is 24.4. The molecule has 2 aliphatic carbocycles. The van der Waals surface area contributed by atoms with Gasteiger partial charge in [-0.15, -0.1) is 11.3 Å². The van der Waals surface area contributed by atoms with E-state index in [-0.39, 0.29) is 12.2 Å². The summed E-state index contributed by atoms with van der Waals surface area (Å²) in [6, 6.07) is 8.40. The van der Waals surface area contributed by atoms with Crippen LogP contribution < -0.4 is 9.80 Å². The molecule has 0 amide bonds. The summed E-state index contributed by atoms with van der Waals surface area (Å²) in [5.74, 6) is 0.707. The van der Waals surface area contributed by atoms with E-state index < -0.39 is 11.7 Å². The molecule has 0 saturated heterocycles. The molecule has 8 heteroatoms. The van der Waals surface area contributed by atoms with Gasteiger partial charge in [0.2, 0.25) is 0 Å². The molecule has 0 N–H and O–H groups in total. The number of hydrogen-bond acceptors (Lipinski definition) is 4. The molecule has 1 heterocycles. The number of aromatic nitrogens is 1. The average Bonchev–Trinajstić information content (AvgIpc) is 3.68. The Morgan fingerprint density at radius 3 is 2.33 bits per heavy atom. The van der Waals surface area contributed by atoms with Crippen molar-refractivity contribution in [2.75, 3.05) is 22.9 Å². The van der Waals surface area contributed by atoms with E-state index in [1.54, 1.807) is 17.4 Å². The topological polar surface area (TPSA) is 23.7 Å². The van der Waals surface area contributed by atoms with E-state index in [0.29, 0.717) is 18.0 Å². The molecular formula is C32H37F3N4S. The van der Waals surface area contributed by atoms with Crippen LogP contribution in [0, 0.1) is 26.3 Å². The van der Waals surface area contributed by atoms with Crippen molar-refractivity contribution in [3.63, 3.8) is 0 Å². The smallest absolute Gasteiger partial charge is 0.371 e. The van der Waals surface area contributed by atoms with Crippen molar-refractivity contribution in [1.29, 1.82) is 0 Å². The van der Waals surface area contributed by atoms with E-state index >= 15 is 0 Å². The lowest BCUT2D eigenvalue weighted by Gasteiger charge is -2.31. The molecular weight excluding hydrogens is 529 g/mol. The van der Waals surface area contributed by atoms with E-state index in [9.17, 15) is 13.2 Å². The maximum absolute atomic E-state index is 13.7. The van der Waals surface area contributed by atoms with Gasteiger partial charge in [0.25, 0.3) is 0 Å². The number of fused-ring (bicyclic) bond motifs is 1. The lowest BCUT2D eigenvalue weighted by Crippen LogP contribution is -2.31. The number of alkyl halides is 3. The number of aryl methyl sites for hydroxylation is 4. The SMILES string of the molecule is [C-]#[N+]c1cc(CN(Cc2cc3c(cc2N(CC)CC2CCCC2)CCC3)c2nc(C)c(C)s2)cc(C(F)(F)F)c1. The van der Waals surface area contributed by atoms with Gasteiger partial charge in [-0.05, 0) is 99.2 Å². The van der Waals surface area contributed by atoms with Crippen molar-refractivity contribution >= 4 is 27.8 Å². The molecule has 0 aliphatic heterocycles. The Morgan fingerprint density at radius 1 is 0.975 bits per heavy atom. The van der Waals surface area contributed by atoms with Gasteiger partial charge in [0.1, 0.15) is 0 Å². The maximum atomic E-state index is 13.7. The highest BCUT2D eigenvalue weighted by molar-refractivity contribution is 7.15. The Hall–Kier alpha value is -3.05. The number of rotatable bonds is 9. The van der Waals surface area contributed by atoms with Crippen LogP contribution in [0.15, 0.2) is 30.3 Å². The molecule has 0 bridgehead atoms. The summed E-state index contributed by atoms with van der Waals surface area (Å²) in [5.41, 5.74) is 5.87. The second-order valence-corrected chi connectivity index (χ2v) is 12.5. The van der Waals surface area contributed by atoms with E-state index in [2.05, 4.69) is 33.7 Å². The zero-order valence-electron chi connectivity index (χ0n) is 23.6. The molecule has 3 aromatic rings. The van der Waals surface area contributed by atoms with Gasteiger partial charge >= 0.3 is 6.18 Å². The third-order valence-electron chi connectivity index (χ3n) is 8.43. The summed E-state index contributed by atoms with van der Waals surface area (Å²) in [7, 11) is 0. The quantitative estimate of drug-likeness (QED) is 0.242. The van der Waals surface area contributed by atoms with Crippen molar-refractivity contribution in [2.24, 2.45) is 5.92 Å². The fourth-order valence-corrected chi connectivity index (χ4v) is 7.10. The zero-order chi connectivity index (χ0) is 28.4. The van der Waals surface area contributed by atoms with Crippen LogP contribution >= 0.6 is 11.3 Å². The molecule has 2 aromatic carbocycles. The standard InChI is InChI=1S/C32H37F3N4S/c1-5-38(18-23-9-6-7-10-23)30-16-26-12-8-11-25(26)15-27(30)20-39(31-37-21(2)22(3)40-31)19-24-13-28(32(33,34)35)17-29(14-24)36-4/h13-17,23H,5-12,18-20H2,1-3H3. The molecule has 212 valence electrons. The normalized spacial score (nSPS) is 15.3. The van der Waals surface area contributed by atoms with Gasteiger partial charge in [-0.2, -0.15) is 13.2 Å². The summed E-state index contributed by atoms with van der Waals surface area (Å²) in [6.45, 7) is 16.3. The Kier molecular flexibility index (Phi) is 8.42. The maximum Gasteiger partial charge on any atom is 0.415 e. The second kappa shape index (κ2) is 11.8. The number of halogens is 3. The molecule has 1 fully saturated rings. The molecule has 0 atom stereocenters. The highest BCUT2D eigenvalue weighted by Crippen LogP contribution is 2.37. The number of thiazole rings is 1. The predicted molar refractivity (Wildman–Crippen MR) is 157 cm³/mol. The van der Waals surface area contributed by atoms with Crippen molar-refractivity contribution in [3.05, 3.63) is 80.1 Å². The van der Waals surface area contributed by atoms with E-state index in [1.807, 2.05) is 13.8 Å². The summed E-state index contributed by atoms with van der Waals surface area (Å²) in [6.07, 6.45) is 3.98. The van der Waals surface area contributed by atoms with Crippen LogP contribution in [0.25, 0.3) is 4.85 Å². The Balaban J connectivity index is 1.54. The van der Waals surface area contributed by atoms with Gasteiger partial charge in [-0.1, -0.05) is 25.0 Å². The minimum absolute atomic E-state index is 0.00298. The predicted octanol–water partition coefficient (Wildman–Crippen LogP) is 9.04. The van der Waals surface area contributed by atoms with Crippen LogP contribution in [-0.4, -0.2) is 18.1 Å². The molecule has 2 aliphatic rings. The lowest BCUT2D eigenvalue weighted by molar-refractivity contribution is -0.137. The van der Waals surface area contributed by atoms with Crippen molar-refractivity contribution < 1.29 is 13.2 Å². The van der Waals surface area contributed by atoms with Crippen LogP contribution in [0.2, 0.25) is 0 Å². The molecule has 4 nitrogen and oxygen atoms in total. The highest BCUT2D eigenvalue weighted by Gasteiger charge is 2.31. The minimum Gasteiger partial charge on any atom is -0.371 e. The second-order valence-electron chi connectivity index (χ2n) is 11.3. The van der Waals surface area contributed by atoms with Crippen LogP contribution in [0.4, 0.5) is 29.7 Å². The van der Waals surface area contributed by atoms with Gasteiger partial charge in [0.05, 0.1) is 12.3 Å². The number of anilines is 2. The van der Waals surface area contributed by atoms with Gasteiger partial charge < -0.3 is 9.80 Å². The average molecular weight is 567 g/mol. The van der Waals surface area contributed by atoms with Gasteiger partial charge in [-0.3, -0.25) is 0 Å². The van der Waals surface area contributed by atoms with Crippen LogP contribution in [0.1, 0.15) is 77.4 Å². The van der Waals surface area contributed by atoms with Crippen LogP contribution in [0.3, 0.4) is 0 Å². The van der Waals surface area contributed by atoms with Gasteiger partial charge in [0.15, 0.2) is 10.8 Å². The van der Waals surface area contributed by atoms with Crippen molar-refractivity contribution in [2.45, 2.75) is 85.0 Å². The fourth-order valence-electron chi connectivity index (χ4n) is 6.19. The molecule has 40 heavy (non-hydrogen) atoms. The molecule has 1 aromatic heterocycles. The van der Waals surface area contributed by atoms with E-state index in [1.165, 1.54) is 54.1 Å². The first kappa shape index (κ1) is 28.5. The first-order valence-corrected chi connectivity index (χ1v) is 15.1. The van der Waals surface area contributed by atoms with Crippen LogP contribution in [0.5, 0.6) is 0 Å². The summed E-state index contributed by atoms with van der Waals surface area (Å²) in [4.78, 5) is 13.9. The lowest BCUT2D eigenvalue weighted by atomic mass is 10.0. The Bertz CT molecular complexity index is 1380. The summed E-state index contributed by atoms with van der Waals surface area (Å²) in [5, 5.41) is 0.794. The van der Waals surface area contributed by atoms with Crippen LogP contribution in [-0.2, 0) is 32.1 Å². The molecule has 5 rings (SSSR count). The van der Waals surface area contributed by atoms with Crippen molar-refractivity contribution in [3.8, 4) is 0 Å². The monoisotopic (exact) mass is 566 g/mol. The molecule has 0 spiro atoms. The summed E-state index contributed by atoms with van der Waals surface area (Å²) >= 11 is 1.57. The van der Waals surface area contributed by atoms with E-state index in [4.69, 9.17) is 11.6 Å². The number of hydrogen-bond donors (Lipinski definition) is 0. The van der Waals surface area contributed by atoms with Gasteiger partial charge in [-0.25, -0.2) is 9.83 Å². The number of benzene rings is 2. The van der Waals surface area contributed by atoms with Gasteiger partial charge in [0, 0.05) is 42.3 Å². The first-order valence-electron chi connectivity index (χ1n) is 14.3. The third kappa shape index (κ3) is 6.30. The molecule has 0 radical (unpaired) electrons. The molecule has 0 unspecified atom stereocenters. The first-order chi connectivity index (χ1) is 19.1. The minimum atomic E-state index is -4.51. The fraction of sp³-hybridized carbons (Fsp3) is 0.500. The Labute approximate surface area is 239 Å². The van der Waals surface area contributed by atoms with E-state index in [0.717, 1.165) is 54.1 Å². The largest absolute Gasteiger partial charge is 0.415 e.